The van der Waals surface area contributed by atoms with Crippen LogP contribution >= 0.6 is 0 Å². The first-order chi connectivity index (χ1) is 14.1. The molecule has 2 atom stereocenters. The highest BCUT2D eigenvalue weighted by Crippen LogP contribution is 2.42. The molecule has 4 nitrogen and oxygen atoms in total. The largest absolute Gasteiger partial charge is 0.493 e. The van der Waals surface area contributed by atoms with Crippen molar-refractivity contribution in [2.45, 2.75) is 39.1 Å². The minimum absolute atomic E-state index is 0.0240. The number of Topliss-reactive ketones (excluding diaryl/α,β-unsaturated/α-hetero) is 1. The summed E-state index contributed by atoms with van der Waals surface area (Å²) in [5.74, 6) is -3.09. The zero-order valence-corrected chi connectivity index (χ0v) is 13.7. The van der Waals surface area contributed by atoms with Gasteiger partial charge in [0.2, 0.25) is 0 Å². The van der Waals surface area contributed by atoms with Gasteiger partial charge in [0.15, 0.2) is 11.5 Å². The zero-order chi connectivity index (χ0) is 23.5. The summed E-state index contributed by atoms with van der Waals surface area (Å²) in [6.07, 6.45) is -2.02. The predicted octanol–water partition coefficient (Wildman–Crippen LogP) is 3.24. The molecule has 0 amide bonds. The predicted molar refractivity (Wildman–Crippen MR) is 90.1 cm³/mol. The van der Waals surface area contributed by atoms with Crippen molar-refractivity contribution < 1.29 is 25.2 Å². The van der Waals surface area contributed by atoms with E-state index >= 15 is 0 Å². The summed E-state index contributed by atoms with van der Waals surface area (Å²) < 4.78 is 75.3. The van der Waals surface area contributed by atoms with Gasteiger partial charge >= 0.3 is 0 Å². The summed E-state index contributed by atoms with van der Waals surface area (Å²) in [4.78, 5) is 14.8. The SMILES string of the molecule is [2H]c1c2c(c([2H])c(OC)c1OC([2H])([2H])[2H])C1N(CC2)CC([2H])(CC(C)C)C(=O)C1([2H])[2H]. The second-order valence-corrected chi connectivity index (χ2v) is 6.40. The molecule has 2 unspecified atom stereocenters. The van der Waals surface area contributed by atoms with E-state index < -0.39 is 36.9 Å². The summed E-state index contributed by atoms with van der Waals surface area (Å²) in [6.45, 7) is 4.05. The maximum absolute atomic E-state index is 13.1. The standard InChI is InChI=1S/C19H27NO3/c1-12(2)7-14-11-20-6-5-13-8-18(22-3)19(23-4)9-15(13)16(20)10-17(14)21/h8-9,12,14,16H,5-7,10-11H2,1-4H3/i3D3,8D,9D,10D2,14D. The number of piperidine rings is 1. The van der Waals surface area contributed by atoms with Gasteiger partial charge in [-0.05, 0) is 42.0 Å². The number of carbonyl (C=O) groups is 1. The van der Waals surface area contributed by atoms with E-state index in [9.17, 15) is 4.79 Å². The van der Waals surface area contributed by atoms with Crippen LogP contribution in [0.25, 0.3) is 0 Å². The quantitative estimate of drug-likeness (QED) is 0.852. The number of fused-ring (bicyclic) bond motifs is 3. The topological polar surface area (TPSA) is 38.8 Å². The van der Waals surface area contributed by atoms with E-state index in [4.69, 9.17) is 20.4 Å². The average Bonchev–Trinajstić information content (AvgIpc) is 2.62. The lowest BCUT2D eigenvalue weighted by molar-refractivity contribution is -0.129. The number of hydrogen-bond acceptors (Lipinski definition) is 4. The number of rotatable bonds is 4. The van der Waals surface area contributed by atoms with E-state index in [-0.39, 0.29) is 60.8 Å². The molecule has 0 saturated carbocycles. The Labute approximate surface area is 150 Å². The van der Waals surface area contributed by atoms with Crippen molar-refractivity contribution in [3.8, 4) is 11.5 Å². The summed E-state index contributed by atoms with van der Waals surface area (Å²) in [5.41, 5.74) is 0.389. The molecule has 1 aromatic carbocycles. The second-order valence-electron chi connectivity index (χ2n) is 6.40. The fourth-order valence-electron chi connectivity index (χ4n) is 3.26. The summed E-state index contributed by atoms with van der Waals surface area (Å²) in [6, 6.07) is -1.76. The number of hydrogen-bond donors (Lipinski definition) is 0. The first-order valence-corrected chi connectivity index (χ1v) is 7.82. The highest BCUT2D eigenvalue weighted by atomic mass is 16.5. The van der Waals surface area contributed by atoms with Gasteiger partial charge in [-0.25, -0.2) is 0 Å². The third kappa shape index (κ3) is 3.09. The Hall–Kier alpha value is -1.55. The molecule has 1 saturated heterocycles. The molecule has 4 heteroatoms. The zero-order valence-electron chi connectivity index (χ0n) is 21.7. The van der Waals surface area contributed by atoms with Gasteiger partial charge in [-0.2, -0.15) is 0 Å². The normalized spacial score (nSPS) is 35.3. The lowest BCUT2D eigenvalue weighted by atomic mass is 9.80. The van der Waals surface area contributed by atoms with E-state index in [1.54, 1.807) is 4.90 Å². The number of ketones is 1. The Morgan fingerprint density at radius 2 is 2.26 bits per heavy atom. The van der Waals surface area contributed by atoms with Crippen LogP contribution in [-0.4, -0.2) is 37.9 Å². The summed E-state index contributed by atoms with van der Waals surface area (Å²) in [7, 11) is -1.65. The highest BCUT2D eigenvalue weighted by molar-refractivity contribution is 5.83. The Morgan fingerprint density at radius 1 is 1.48 bits per heavy atom. The van der Waals surface area contributed by atoms with E-state index in [2.05, 4.69) is 0 Å². The molecule has 3 rings (SSSR count). The lowest BCUT2D eigenvalue weighted by Crippen LogP contribution is -2.46. The maximum atomic E-state index is 13.1. The van der Waals surface area contributed by atoms with Crippen molar-refractivity contribution in [2.75, 3.05) is 27.2 Å². The average molecular weight is 325 g/mol. The maximum Gasteiger partial charge on any atom is 0.161 e. The van der Waals surface area contributed by atoms with Gasteiger partial charge in [-0.3, -0.25) is 9.69 Å². The van der Waals surface area contributed by atoms with E-state index in [0.717, 1.165) is 0 Å². The Kier molecular flexibility index (Phi) is 2.57. The number of nitrogens with zero attached hydrogens (tertiary/aromatic N) is 1. The molecule has 0 spiro atoms. The molecule has 0 bridgehead atoms. The van der Waals surface area contributed by atoms with Crippen LogP contribution in [0.5, 0.6) is 11.5 Å². The van der Waals surface area contributed by atoms with Crippen molar-refractivity contribution in [3.05, 3.63) is 23.2 Å². The Balaban J connectivity index is 2.19. The van der Waals surface area contributed by atoms with Gasteiger partial charge in [0, 0.05) is 35.5 Å². The summed E-state index contributed by atoms with van der Waals surface area (Å²) in [5, 5.41) is 0. The molecule has 1 aromatic rings. The lowest BCUT2D eigenvalue weighted by Gasteiger charge is -2.43. The number of carbonyl (C=O) groups excluding carboxylic acids is 1. The molecule has 23 heavy (non-hydrogen) atoms. The van der Waals surface area contributed by atoms with Gasteiger partial charge in [-0.1, -0.05) is 13.8 Å². The molecular weight excluding hydrogens is 290 g/mol. The molecule has 0 radical (unpaired) electrons. The van der Waals surface area contributed by atoms with Crippen molar-refractivity contribution in [2.24, 2.45) is 11.8 Å². The van der Waals surface area contributed by atoms with Gasteiger partial charge in [0.1, 0.15) is 5.78 Å². The smallest absolute Gasteiger partial charge is 0.161 e. The van der Waals surface area contributed by atoms with Crippen LogP contribution in [0.2, 0.25) is 0 Å². The Morgan fingerprint density at radius 3 is 2.96 bits per heavy atom. The first-order valence-electron chi connectivity index (χ1n) is 11.8. The third-order valence-corrected chi connectivity index (χ3v) is 4.28. The van der Waals surface area contributed by atoms with Crippen molar-refractivity contribution >= 4 is 5.78 Å². The fourth-order valence-corrected chi connectivity index (χ4v) is 3.26. The molecule has 2 aliphatic rings. The molecule has 2 heterocycles. The van der Waals surface area contributed by atoms with Crippen molar-refractivity contribution in [1.29, 1.82) is 0 Å². The molecule has 1 fully saturated rings. The minimum Gasteiger partial charge on any atom is -0.493 e. The van der Waals surface area contributed by atoms with Crippen molar-refractivity contribution in [1.82, 2.24) is 4.90 Å². The van der Waals surface area contributed by atoms with Crippen LogP contribution < -0.4 is 9.47 Å². The van der Waals surface area contributed by atoms with Crippen LogP contribution in [0, 0.1) is 11.8 Å². The van der Waals surface area contributed by atoms with Crippen LogP contribution in [0.3, 0.4) is 0 Å². The van der Waals surface area contributed by atoms with E-state index in [0.29, 0.717) is 0 Å². The molecular formula is C19H27NO3. The molecule has 0 aromatic heterocycles. The number of ether oxygens (including phenoxy) is 2. The van der Waals surface area contributed by atoms with Crippen LogP contribution in [0.1, 0.15) is 54.8 Å². The number of methoxy groups -OCH3 is 2. The third-order valence-electron chi connectivity index (χ3n) is 4.28. The van der Waals surface area contributed by atoms with Crippen LogP contribution in [-0.2, 0) is 11.2 Å². The monoisotopic (exact) mass is 325 g/mol. The van der Waals surface area contributed by atoms with Gasteiger partial charge in [-0.15, -0.1) is 0 Å². The highest BCUT2D eigenvalue weighted by Gasteiger charge is 2.38. The Bertz CT molecular complexity index is 901. The molecule has 0 N–H and O–H groups in total. The van der Waals surface area contributed by atoms with Crippen LogP contribution in [0.15, 0.2) is 12.1 Å². The molecule has 2 aliphatic heterocycles. The summed E-state index contributed by atoms with van der Waals surface area (Å²) >= 11 is 0. The molecule has 126 valence electrons. The second kappa shape index (κ2) is 6.52. The molecule has 0 aliphatic carbocycles. The van der Waals surface area contributed by atoms with Crippen molar-refractivity contribution in [3.63, 3.8) is 0 Å². The van der Waals surface area contributed by atoms with E-state index in [1.807, 2.05) is 13.8 Å². The van der Waals surface area contributed by atoms with Gasteiger partial charge in [0.25, 0.3) is 0 Å². The van der Waals surface area contributed by atoms with Gasteiger partial charge < -0.3 is 9.47 Å². The number of benzene rings is 1. The fraction of sp³-hybridized carbons (Fsp3) is 0.632. The van der Waals surface area contributed by atoms with Crippen LogP contribution in [0.4, 0.5) is 0 Å². The minimum atomic E-state index is -2.86. The van der Waals surface area contributed by atoms with Gasteiger partial charge in [0.05, 0.1) is 21.0 Å². The van der Waals surface area contributed by atoms with E-state index in [1.165, 1.54) is 7.11 Å². The first kappa shape index (κ1) is 9.07.